The van der Waals surface area contributed by atoms with Crippen molar-refractivity contribution in [2.45, 2.75) is 19.3 Å². The van der Waals surface area contributed by atoms with Gasteiger partial charge in [0.25, 0.3) is 0 Å². The Morgan fingerprint density at radius 1 is 1.21 bits per heavy atom. The van der Waals surface area contributed by atoms with E-state index >= 15 is 0 Å². The van der Waals surface area contributed by atoms with Gasteiger partial charge in [0.2, 0.25) is 0 Å². The van der Waals surface area contributed by atoms with Gasteiger partial charge in [-0.2, -0.15) is 0 Å². The van der Waals surface area contributed by atoms with Crippen molar-refractivity contribution in [3.63, 3.8) is 0 Å². The first-order valence-electron chi connectivity index (χ1n) is 12.4. The van der Waals surface area contributed by atoms with E-state index in [1.165, 1.54) is 7.11 Å². The van der Waals surface area contributed by atoms with Crippen molar-refractivity contribution in [3.8, 4) is 17.6 Å². The van der Waals surface area contributed by atoms with E-state index in [2.05, 4.69) is 22.0 Å². The summed E-state index contributed by atoms with van der Waals surface area (Å²) < 4.78 is 51.0. The van der Waals surface area contributed by atoms with Gasteiger partial charge < -0.3 is 14.7 Å². The molecule has 1 aromatic heterocycles. The summed E-state index contributed by atoms with van der Waals surface area (Å²) in [6.07, 6.45) is 3.28. The number of esters is 1. The third-order valence-electron chi connectivity index (χ3n) is 6.96. The molecule has 1 fully saturated rings. The van der Waals surface area contributed by atoms with E-state index in [0.29, 0.717) is 55.4 Å². The summed E-state index contributed by atoms with van der Waals surface area (Å²) in [6, 6.07) is 8.71. The molecule has 0 bridgehead atoms. The van der Waals surface area contributed by atoms with Crippen molar-refractivity contribution in [1.82, 2.24) is 9.88 Å². The molecular formula is C29H28F3N3O4. The summed E-state index contributed by atoms with van der Waals surface area (Å²) in [5, 5.41) is 14.1. The quantitative estimate of drug-likeness (QED) is 0.116. The number of carbonyl (C=O) groups excluding carboxylic acids is 1. The summed E-state index contributed by atoms with van der Waals surface area (Å²) in [5.41, 5.74) is 1.54. The number of fused-ring (bicyclic) bond motifs is 1. The predicted molar refractivity (Wildman–Crippen MR) is 139 cm³/mol. The van der Waals surface area contributed by atoms with Crippen LogP contribution in [0, 0.1) is 41.1 Å². The Balaban J connectivity index is 1.42. The van der Waals surface area contributed by atoms with Crippen molar-refractivity contribution < 1.29 is 32.6 Å². The first-order valence-corrected chi connectivity index (χ1v) is 12.4. The number of carbonyl (C=O) groups is 1. The Labute approximate surface area is 224 Å². The fourth-order valence-corrected chi connectivity index (χ4v) is 4.84. The van der Waals surface area contributed by atoms with Gasteiger partial charge in [0.1, 0.15) is 11.6 Å². The van der Waals surface area contributed by atoms with E-state index in [4.69, 9.17) is 9.47 Å². The molecule has 3 aromatic rings. The second-order valence-corrected chi connectivity index (χ2v) is 9.33. The van der Waals surface area contributed by atoms with Gasteiger partial charge in [-0.1, -0.05) is 17.0 Å². The van der Waals surface area contributed by atoms with Crippen LogP contribution in [-0.2, 0) is 9.53 Å². The van der Waals surface area contributed by atoms with E-state index in [1.807, 2.05) is 29.2 Å². The van der Waals surface area contributed by atoms with Gasteiger partial charge in [0.15, 0.2) is 11.6 Å². The van der Waals surface area contributed by atoms with Crippen LogP contribution in [0.5, 0.6) is 5.75 Å². The number of piperidine rings is 1. The number of benzene rings is 2. The molecule has 1 N–H and O–H groups in total. The average molecular weight is 540 g/mol. The van der Waals surface area contributed by atoms with Crippen molar-refractivity contribution in [2.24, 2.45) is 17.0 Å². The van der Waals surface area contributed by atoms with E-state index in [9.17, 15) is 23.2 Å². The molecule has 0 saturated carbocycles. The number of hydrogen-bond acceptors (Lipinski definition) is 7. The fraction of sp³-hybridized carbons (Fsp3) is 0.345. The Kier molecular flexibility index (Phi) is 9.04. The van der Waals surface area contributed by atoms with Crippen molar-refractivity contribution >= 4 is 22.6 Å². The third-order valence-corrected chi connectivity index (χ3v) is 6.96. The summed E-state index contributed by atoms with van der Waals surface area (Å²) >= 11 is 0. The molecule has 4 rings (SSSR count). The fourth-order valence-electron chi connectivity index (χ4n) is 4.84. The van der Waals surface area contributed by atoms with E-state index in [0.717, 1.165) is 17.0 Å². The summed E-state index contributed by atoms with van der Waals surface area (Å²) in [6.45, 7) is 1.15. The number of aromatic nitrogens is 1. The molecule has 1 aliphatic heterocycles. The molecule has 2 heterocycles. The minimum absolute atomic E-state index is 0.0401. The zero-order valence-corrected chi connectivity index (χ0v) is 21.6. The van der Waals surface area contributed by atoms with Crippen LogP contribution >= 0.6 is 0 Å². The predicted octanol–water partition coefficient (Wildman–Crippen LogP) is 4.78. The van der Waals surface area contributed by atoms with Crippen LogP contribution in [0.4, 0.5) is 13.2 Å². The van der Waals surface area contributed by atoms with E-state index in [1.54, 1.807) is 13.3 Å². The number of methoxy groups -OCH3 is 2. The maximum atomic E-state index is 13.9. The van der Waals surface area contributed by atoms with Crippen molar-refractivity contribution in [1.29, 1.82) is 0 Å². The Morgan fingerprint density at radius 3 is 2.77 bits per heavy atom. The van der Waals surface area contributed by atoms with Gasteiger partial charge in [0, 0.05) is 29.8 Å². The Morgan fingerprint density at radius 2 is 2.03 bits per heavy atom. The molecule has 1 aliphatic rings. The molecule has 10 heteroatoms. The second kappa shape index (κ2) is 12.6. The zero-order valence-electron chi connectivity index (χ0n) is 21.6. The standard InChI is InChI=1S/C29H28F3N3O4/c1-38-23-6-8-26-20(14-23)12-21(16-33-26)27(34-37)7-5-18-9-11-35(17-24(18)29(36)39-2)10-3-4-19-13-22(30)15-25(31)28(19)32/h6,8,12-16,18,24,37H,5,7,9-11,17H2,1-2H3/b34-27-/t18-,24+/m1/s1. The molecule has 0 amide bonds. The van der Waals surface area contributed by atoms with Crippen LogP contribution in [0.25, 0.3) is 10.9 Å². The molecule has 1 saturated heterocycles. The normalized spacial score (nSPS) is 17.9. The zero-order chi connectivity index (χ0) is 27.9. The number of ether oxygens (including phenoxy) is 2. The maximum absolute atomic E-state index is 13.9. The molecule has 7 nitrogen and oxygen atoms in total. The van der Waals surface area contributed by atoms with Crippen molar-refractivity contribution in [2.75, 3.05) is 33.9 Å². The molecule has 2 atom stereocenters. The third kappa shape index (κ3) is 6.67. The number of pyridine rings is 1. The minimum atomic E-state index is -1.30. The first-order chi connectivity index (χ1) is 18.8. The van der Waals surface area contributed by atoms with Crippen LogP contribution in [0.2, 0.25) is 0 Å². The van der Waals surface area contributed by atoms with Gasteiger partial charge in [-0.25, -0.2) is 13.2 Å². The van der Waals surface area contributed by atoms with E-state index in [-0.39, 0.29) is 24.0 Å². The lowest BCUT2D eigenvalue weighted by molar-refractivity contribution is -0.149. The molecule has 0 aliphatic carbocycles. The van der Waals surface area contributed by atoms with Crippen LogP contribution < -0.4 is 4.74 Å². The highest BCUT2D eigenvalue weighted by molar-refractivity contribution is 6.02. The van der Waals surface area contributed by atoms with Gasteiger partial charge >= 0.3 is 5.97 Å². The van der Waals surface area contributed by atoms with Crippen LogP contribution in [0.3, 0.4) is 0 Å². The number of hydrogen-bond donors (Lipinski definition) is 1. The molecule has 0 unspecified atom stereocenters. The summed E-state index contributed by atoms with van der Waals surface area (Å²) in [5.74, 6) is 1.66. The minimum Gasteiger partial charge on any atom is -0.497 e. The smallest absolute Gasteiger partial charge is 0.310 e. The van der Waals surface area contributed by atoms with Crippen LogP contribution in [0.1, 0.15) is 30.4 Å². The van der Waals surface area contributed by atoms with E-state index < -0.39 is 23.4 Å². The molecule has 2 aromatic carbocycles. The molecule has 39 heavy (non-hydrogen) atoms. The van der Waals surface area contributed by atoms with Gasteiger partial charge in [-0.3, -0.25) is 14.7 Å². The SMILES string of the molecule is COC(=O)[C@H]1CN(CC#Cc2cc(F)cc(F)c2F)CC[C@H]1CC/C(=N/O)c1cnc2ccc(OC)cc2c1. The van der Waals surface area contributed by atoms with Crippen LogP contribution in [-0.4, -0.2) is 60.6 Å². The lowest BCUT2D eigenvalue weighted by Crippen LogP contribution is -2.44. The number of nitrogens with zero attached hydrogens (tertiary/aromatic N) is 3. The molecular weight excluding hydrogens is 511 g/mol. The molecule has 204 valence electrons. The van der Waals surface area contributed by atoms with Gasteiger partial charge in [-0.05, 0) is 62.1 Å². The molecule has 0 spiro atoms. The summed E-state index contributed by atoms with van der Waals surface area (Å²) in [4.78, 5) is 19.0. The van der Waals surface area contributed by atoms with Gasteiger partial charge in [0.05, 0.1) is 43.5 Å². The Bertz CT molecular complexity index is 1450. The lowest BCUT2D eigenvalue weighted by atomic mass is 9.81. The highest BCUT2D eigenvalue weighted by atomic mass is 19.2. The largest absolute Gasteiger partial charge is 0.497 e. The molecule has 0 radical (unpaired) electrons. The maximum Gasteiger partial charge on any atom is 0.310 e. The first kappa shape index (κ1) is 27.9. The average Bonchev–Trinajstić information content (AvgIpc) is 2.95. The highest BCUT2D eigenvalue weighted by Gasteiger charge is 2.35. The monoisotopic (exact) mass is 539 g/mol. The topological polar surface area (TPSA) is 84.2 Å². The second-order valence-electron chi connectivity index (χ2n) is 9.33. The lowest BCUT2D eigenvalue weighted by Gasteiger charge is -2.36. The number of oxime groups is 1. The van der Waals surface area contributed by atoms with Gasteiger partial charge in [-0.15, -0.1) is 0 Å². The summed E-state index contributed by atoms with van der Waals surface area (Å²) in [7, 11) is 2.91. The number of halogens is 3. The Hall–Kier alpha value is -4.10. The number of rotatable bonds is 7. The van der Waals surface area contributed by atoms with Crippen LogP contribution in [0.15, 0.2) is 47.8 Å². The highest BCUT2D eigenvalue weighted by Crippen LogP contribution is 2.30. The number of likely N-dealkylation sites (tertiary alicyclic amines) is 1. The van der Waals surface area contributed by atoms with Crippen molar-refractivity contribution in [3.05, 3.63) is 71.2 Å².